The van der Waals surface area contributed by atoms with Gasteiger partial charge >= 0.3 is 0 Å². The second-order valence-corrected chi connectivity index (χ2v) is 7.50. The van der Waals surface area contributed by atoms with Crippen LogP contribution in [0.5, 0.6) is 0 Å². The van der Waals surface area contributed by atoms with Gasteiger partial charge in [0.2, 0.25) is 0 Å². The normalized spacial score (nSPS) is 36.2. The first-order chi connectivity index (χ1) is 7.85. The third-order valence-electron chi connectivity index (χ3n) is 4.88. The fraction of sp³-hybridized carbons (Fsp3) is 1.00. The molecule has 0 aromatic rings. The molecule has 0 radical (unpaired) electrons. The van der Waals surface area contributed by atoms with Crippen molar-refractivity contribution in [1.29, 1.82) is 0 Å². The highest BCUT2D eigenvalue weighted by atomic mass is 15.3. The van der Waals surface area contributed by atoms with Gasteiger partial charge < -0.3 is 5.32 Å². The molecule has 2 unspecified atom stereocenters. The van der Waals surface area contributed by atoms with Gasteiger partial charge in [-0.15, -0.1) is 0 Å². The van der Waals surface area contributed by atoms with Gasteiger partial charge in [-0.05, 0) is 37.5 Å². The Bertz CT molecular complexity index is 265. The van der Waals surface area contributed by atoms with E-state index in [2.05, 4.69) is 44.8 Å². The maximum atomic E-state index is 3.78. The summed E-state index contributed by atoms with van der Waals surface area (Å²) in [4.78, 5) is 2.77. The second-order valence-electron chi connectivity index (χ2n) is 7.50. The lowest BCUT2D eigenvalue weighted by Crippen LogP contribution is -2.66. The highest BCUT2D eigenvalue weighted by Crippen LogP contribution is 2.35. The Morgan fingerprint density at radius 2 is 1.94 bits per heavy atom. The number of rotatable bonds is 3. The molecule has 0 aromatic heterocycles. The third-order valence-corrected chi connectivity index (χ3v) is 4.88. The van der Waals surface area contributed by atoms with Crippen molar-refractivity contribution in [1.82, 2.24) is 10.2 Å². The van der Waals surface area contributed by atoms with Crippen molar-refractivity contribution in [3.8, 4) is 0 Å². The predicted molar refractivity (Wildman–Crippen MR) is 74.2 cm³/mol. The summed E-state index contributed by atoms with van der Waals surface area (Å²) in [6.45, 7) is 15.5. The Labute approximate surface area is 107 Å². The Kier molecular flexibility index (Phi) is 3.57. The Hall–Kier alpha value is -0.0800. The van der Waals surface area contributed by atoms with Crippen LogP contribution in [-0.2, 0) is 0 Å². The lowest BCUT2D eigenvalue weighted by molar-refractivity contribution is 0.0187. The molecule has 1 saturated heterocycles. The highest BCUT2D eigenvalue weighted by Gasteiger charge is 2.41. The molecule has 2 heteroatoms. The summed E-state index contributed by atoms with van der Waals surface area (Å²) in [5, 5.41) is 3.78. The quantitative estimate of drug-likeness (QED) is 0.813. The SMILES string of the molecule is CCC1(C)CNC(C(C)(C)C)CN1CC1CC1. The van der Waals surface area contributed by atoms with E-state index in [1.165, 1.54) is 32.4 Å². The molecular formula is C15H30N2. The van der Waals surface area contributed by atoms with Crippen LogP contribution in [0.1, 0.15) is 53.9 Å². The first-order valence-corrected chi connectivity index (χ1v) is 7.33. The van der Waals surface area contributed by atoms with Gasteiger partial charge in [-0.25, -0.2) is 0 Å². The van der Waals surface area contributed by atoms with Gasteiger partial charge in [-0.1, -0.05) is 27.7 Å². The summed E-state index contributed by atoms with van der Waals surface area (Å²) in [7, 11) is 0. The molecule has 2 rings (SSSR count). The fourth-order valence-corrected chi connectivity index (χ4v) is 2.80. The molecule has 2 nitrogen and oxygen atoms in total. The molecule has 0 spiro atoms. The Morgan fingerprint density at radius 1 is 1.29 bits per heavy atom. The van der Waals surface area contributed by atoms with Crippen molar-refractivity contribution in [2.75, 3.05) is 19.6 Å². The maximum Gasteiger partial charge on any atom is 0.0304 e. The molecule has 17 heavy (non-hydrogen) atoms. The standard InChI is InChI=1S/C15H30N2/c1-6-15(5)11-16-13(14(2,3)4)10-17(15)9-12-7-8-12/h12-13,16H,6-11H2,1-5H3. The van der Waals surface area contributed by atoms with Crippen molar-refractivity contribution in [3.05, 3.63) is 0 Å². The Balaban J connectivity index is 2.04. The fourth-order valence-electron chi connectivity index (χ4n) is 2.80. The van der Waals surface area contributed by atoms with Crippen molar-refractivity contribution >= 4 is 0 Å². The summed E-state index contributed by atoms with van der Waals surface area (Å²) in [6.07, 6.45) is 4.18. The minimum absolute atomic E-state index is 0.372. The van der Waals surface area contributed by atoms with Crippen LogP contribution in [0.15, 0.2) is 0 Å². The summed E-state index contributed by atoms with van der Waals surface area (Å²) >= 11 is 0. The molecule has 1 aliphatic heterocycles. The van der Waals surface area contributed by atoms with Crippen molar-refractivity contribution in [3.63, 3.8) is 0 Å². The van der Waals surface area contributed by atoms with Crippen molar-refractivity contribution in [2.24, 2.45) is 11.3 Å². The summed E-state index contributed by atoms with van der Waals surface area (Å²) in [5.74, 6) is 1.000. The van der Waals surface area contributed by atoms with Gasteiger partial charge in [-0.2, -0.15) is 0 Å². The highest BCUT2D eigenvalue weighted by molar-refractivity contribution is 4.99. The number of nitrogens with one attached hydrogen (secondary N) is 1. The smallest absolute Gasteiger partial charge is 0.0304 e. The zero-order valence-corrected chi connectivity index (χ0v) is 12.3. The largest absolute Gasteiger partial charge is 0.310 e. The molecule has 2 atom stereocenters. The van der Waals surface area contributed by atoms with Crippen LogP contribution < -0.4 is 5.32 Å². The molecule has 100 valence electrons. The number of nitrogens with zero attached hydrogens (tertiary/aromatic N) is 1. The summed E-state index contributed by atoms with van der Waals surface area (Å²) in [5.41, 5.74) is 0.751. The monoisotopic (exact) mass is 238 g/mol. The molecule has 0 aromatic carbocycles. The van der Waals surface area contributed by atoms with Gasteiger partial charge in [0.05, 0.1) is 0 Å². The first-order valence-electron chi connectivity index (χ1n) is 7.33. The van der Waals surface area contributed by atoms with E-state index in [1.54, 1.807) is 0 Å². The van der Waals surface area contributed by atoms with E-state index in [9.17, 15) is 0 Å². The minimum atomic E-state index is 0.372. The van der Waals surface area contributed by atoms with Gasteiger partial charge in [0.25, 0.3) is 0 Å². The minimum Gasteiger partial charge on any atom is -0.310 e. The van der Waals surface area contributed by atoms with Gasteiger partial charge in [-0.3, -0.25) is 4.90 Å². The molecule has 2 fully saturated rings. The molecule has 1 aliphatic carbocycles. The lowest BCUT2D eigenvalue weighted by atomic mass is 9.81. The van der Waals surface area contributed by atoms with Gasteiger partial charge in [0.1, 0.15) is 0 Å². The molecule has 1 saturated carbocycles. The Morgan fingerprint density at radius 3 is 2.41 bits per heavy atom. The average Bonchev–Trinajstić information content (AvgIpc) is 3.03. The summed E-state index contributed by atoms with van der Waals surface area (Å²) in [6, 6.07) is 0.640. The van der Waals surface area contributed by atoms with E-state index in [0.29, 0.717) is 17.0 Å². The zero-order chi connectivity index (χ0) is 12.7. The van der Waals surface area contributed by atoms with Crippen LogP contribution in [0, 0.1) is 11.3 Å². The van der Waals surface area contributed by atoms with E-state index in [-0.39, 0.29) is 0 Å². The molecule has 1 heterocycles. The van der Waals surface area contributed by atoms with Crippen LogP contribution in [0.25, 0.3) is 0 Å². The van der Waals surface area contributed by atoms with Gasteiger partial charge in [0, 0.05) is 31.2 Å². The molecule has 0 amide bonds. The van der Waals surface area contributed by atoms with Crippen LogP contribution in [-0.4, -0.2) is 36.1 Å². The number of hydrogen-bond acceptors (Lipinski definition) is 2. The zero-order valence-electron chi connectivity index (χ0n) is 12.3. The maximum absolute atomic E-state index is 3.78. The van der Waals surface area contributed by atoms with E-state index in [1.807, 2.05) is 0 Å². The molecule has 2 aliphatic rings. The van der Waals surface area contributed by atoms with Crippen molar-refractivity contribution < 1.29 is 0 Å². The van der Waals surface area contributed by atoms with Crippen LogP contribution in [0.2, 0.25) is 0 Å². The average molecular weight is 238 g/mol. The van der Waals surface area contributed by atoms with Gasteiger partial charge in [0.15, 0.2) is 0 Å². The van der Waals surface area contributed by atoms with E-state index >= 15 is 0 Å². The van der Waals surface area contributed by atoms with Crippen LogP contribution in [0.3, 0.4) is 0 Å². The molecule has 0 bridgehead atoms. The molecular weight excluding hydrogens is 208 g/mol. The van der Waals surface area contributed by atoms with Crippen molar-refractivity contribution in [2.45, 2.75) is 65.5 Å². The lowest BCUT2D eigenvalue weighted by Gasteiger charge is -2.51. The third kappa shape index (κ3) is 3.03. The van der Waals surface area contributed by atoms with Crippen LogP contribution >= 0.6 is 0 Å². The first kappa shape index (κ1) is 13.4. The number of piperazine rings is 1. The number of hydrogen-bond donors (Lipinski definition) is 1. The summed E-state index contributed by atoms with van der Waals surface area (Å²) < 4.78 is 0. The second kappa shape index (κ2) is 4.55. The predicted octanol–water partition coefficient (Wildman–Crippen LogP) is 2.89. The van der Waals surface area contributed by atoms with E-state index < -0.39 is 0 Å². The van der Waals surface area contributed by atoms with Crippen LogP contribution in [0.4, 0.5) is 0 Å². The van der Waals surface area contributed by atoms with E-state index in [0.717, 1.165) is 12.5 Å². The topological polar surface area (TPSA) is 15.3 Å². The van der Waals surface area contributed by atoms with E-state index in [4.69, 9.17) is 0 Å². The molecule has 1 N–H and O–H groups in total.